The highest BCUT2D eigenvalue weighted by molar-refractivity contribution is 7.80. The van der Waals surface area contributed by atoms with Gasteiger partial charge in [-0.15, -0.1) is 0 Å². The first-order valence-corrected chi connectivity index (χ1v) is 9.83. The fourth-order valence-electron chi connectivity index (χ4n) is 2.85. The minimum Gasteiger partial charge on any atom is -0.342 e. The van der Waals surface area contributed by atoms with E-state index in [0.717, 1.165) is 17.9 Å². The van der Waals surface area contributed by atoms with Gasteiger partial charge in [-0.05, 0) is 60.5 Å². The predicted molar refractivity (Wildman–Crippen MR) is 122 cm³/mol. The zero-order valence-corrected chi connectivity index (χ0v) is 17.3. The van der Waals surface area contributed by atoms with Crippen molar-refractivity contribution in [1.29, 1.82) is 0 Å². The number of aryl methyl sites for hydroxylation is 1. The summed E-state index contributed by atoms with van der Waals surface area (Å²) < 4.78 is 2.15. The number of anilines is 1. The fraction of sp³-hybridized carbons (Fsp3) is 0.217. The van der Waals surface area contributed by atoms with Crippen molar-refractivity contribution in [2.45, 2.75) is 33.2 Å². The third-order valence-electron chi connectivity index (χ3n) is 4.54. The SMILES string of the molecule is Cc1ccc(Cn2cccc2C=NNC(=S)Nc2ccc(C(C)C)cc2)cc1. The maximum atomic E-state index is 5.32. The van der Waals surface area contributed by atoms with Gasteiger partial charge in [-0.3, -0.25) is 5.43 Å². The van der Waals surface area contributed by atoms with E-state index in [-0.39, 0.29) is 0 Å². The molecule has 0 aliphatic carbocycles. The van der Waals surface area contributed by atoms with Crippen molar-refractivity contribution >= 4 is 29.2 Å². The van der Waals surface area contributed by atoms with Crippen LogP contribution in [0.1, 0.15) is 42.1 Å². The topological polar surface area (TPSA) is 41.4 Å². The van der Waals surface area contributed by atoms with Crippen LogP contribution < -0.4 is 10.7 Å². The molecule has 0 fully saturated rings. The number of aromatic nitrogens is 1. The van der Waals surface area contributed by atoms with E-state index in [2.05, 4.69) is 77.6 Å². The van der Waals surface area contributed by atoms with E-state index in [0.29, 0.717) is 11.0 Å². The lowest BCUT2D eigenvalue weighted by Gasteiger charge is -2.10. The van der Waals surface area contributed by atoms with Crippen molar-refractivity contribution in [3.8, 4) is 0 Å². The number of nitrogens with zero attached hydrogens (tertiary/aromatic N) is 2. The van der Waals surface area contributed by atoms with Crippen LogP contribution in [-0.2, 0) is 6.54 Å². The summed E-state index contributed by atoms with van der Waals surface area (Å²) in [5.41, 5.74) is 8.66. The van der Waals surface area contributed by atoms with Crippen molar-refractivity contribution in [1.82, 2.24) is 9.99 Å². The van der Waals surface area contributed by atoms with Gasteiger partial charge >= 0.3 is 0 Å². The zero-order chi connectivity index (χ0) is 19.9. The van der Waals surface area contributed by atoms with Crippen LogP contribution in [0.5, 0.6) is 0 Å². The molecule has 0 amide bonds. The summed E-state index contributed by atoms with van der Waals surface area (Å²) in [7, 11) is 0. The molecule has 28 heavy (non-hydrogen) atoms. The lowest BCUT2D eigenvalue weighted by atomic mass is 10.0. The molecule has 2 N–H and O–H groups in total. The summed E-state index contributed by atoms with van der Waals surface area (Å²) in [6, 6.07) is 20.9. The molecule has 0 unspecified atom stereocenters. The van der Waals surface area contributed by atoms with Gasteiger partial charge in [0.25, 0.3) is 0 Å². The molecule has 4 nitrogen and oxygen atoms in total. The predicted octanol–water partition coefficient (Wildman–Crippen LogP) is 5.29. The number of thiocarbonyl (C=S) groups is 1. The quantitative estimate of drug-likeness (QED) is 0.341. The first-order valence-electron chi connectivity index (χ1n) is 9.42. The van der Waals surface area contributed by atoms with Gasteiger partial charge in [0, 0.05) is 18.4 Å². The van der Waals surface area contributed by atoms with E-state index in [1.54, 1.807) is 6.21 Å². The summed E-state index contributed by atoms with van der Waals surface area (Å²) in [6.45, 7) is 7.26. The zero-order valence-electron chi connectivity index (χ0n) is 16.5. The molecule has 0 atom stereocenters. The molecule has 144 valence electrons. The largest absolute Gasteiger partial charge is 0.342 e. The number of hydrazone groups is 1. The molecule has 2 aromatic carbocycles. The maximum Gasteiger partial charge on any atom is 0.191 e. The molecule has 3 aromatic rings. The van der Waals surface area contributed by atoms with Gasteiger partial charge in [0.05, 0.1) is 11.9 Å². The van der Waals surface area contributed by atoms with E-state index in [4.69, 9.17) is 12.2 Å². The summed E-state index contributed by atoms with van der Waals surface area (Å²) in [5, 5.41) is 7.88. The summed E-state index contributed by atoms with van der Waals surface area (Å²) >= 11 is 5.32. The van der Waals surface area contributed by atoms with E-state index in [1.165, 1.54) is 16.7 Å². The monoisotopic (exact) mass is 390 g/mol. The number of hydrogen-bond acceptors (Lipinski definition) is 2. The Kier molecular flexibility index (Phi) is 6.61. The molecule has 0 spiro atoms. The average Bonchev–Trinajstić information content (AvgIpc) is 3.11. The van der Waals surface area contributed by atoms with Gasteiger partial charge in [0.15, 0.2) is 5.11 Å². The molecule has 5 heteroatoms. The molecule has 0 bridgehead atoms. The first kappa shape index (κ1) is 19.8. The standard InChI is InChI=1S/C23H26N4S/c1-17(2)20-10-12-21(13-11-20)25-23(28)26-24-15-22-5-4-14-27(22)16-19-8-6-18(3)7-9-19/h4-15,17H,16H2,1-3H3,(H2,25,26,28). The lowest BCUT2D eigenvalue weighted by molar-refractivity contribution is 0.798. The second kappa shape index (κ2) is 9.33. The van der Waals surface area contributed by atoms with Crippen LogP contribution in [0.25, 0.3) is 0 Å². The van der Waals surface area contributed by atoms with E-state index < -0.39 is 0 Å². The van der Waals surface area contributed by atoms with Crippen LogP contribution in [0.15, 0.2) is 72.0 Å². The molecule has 0 saturated carbocycles. The number of rotatable bonds is 6. The van der Waals surface area contributed by atoms with Gasteiger partial charge in [-0.25, -0.2) is 0 Å². The molecular weight excluding hydrogens is 364 g/mol. The molecule has 1 heterocycles. The highest BCUT2D eigenvalue weighted by Crippen LogP contribution is 2.17. The van der Waals surface area contributed by atoms with E-state index in [1.807, 2.05) is 30.5 Å². The molecule has 3 rings (SSSR count). The minimum atomic E-state index is 0.463. The number of benzene rings is 2. The second-order valence-corrected chi connectivity index (χ2v) is 7.56. The number of hydrogen-bond donors (Lipinski definition) is 2. The Bertz CT molecular complexity index is 937. The average molecular weight is 391 g/mol. The highest BCUT2D eigenvalue weighted by Gasteiger charge is 2.02. The molecule has 0 radical (unpaired) electrons. The van der Waals surface area contributed by atoms with Gasteiger partial charge in [-0.1, -0.05) is 55.8 Å². The van der Waals surface area contributed by atoms with Crippen LogP contribution in [0.4, 0.5) is 5.69 Å². The Morgan fingerprint density at radius 1 is 1.07 bits per heavy atom. The molecule has 0 aliphatic heterocycles. The Balaban J connectivity index is 1.55. The van der Waals surface area contributed by atoms with Crippen molar-refractivity contribution in [2.75, 3.05) is 5.32 Å². The van der Waals surface area contributed by atoms with Gasteiger partial charge in [-0.2, -0.15) is 5.10 Å². The Morgan fingerprint density at radius 2 is 1.79 bits per heavy atom. The molecule has 0 saturated heterocycles. The van der Waals surface area contributed by atoms with Crippen LogP contribution in [0.3, 0.4) is 0 Å². The Labute approximate surface area is 172 Å². The molecular formula is C23H26N4S. The van der Waals surface area contributed by atoms with Crippen LogP contribution in [0.2, 0.25) is 0 Å². The fourth-order valence-corrected chi connectivity index (χ4v) is 3.02. The van der Waals surface area contributed by atoms with Gasteiger partial charge < -0.3 is 9.88 Å². The van der Waals surface area contributed by atoms with Gasteiger partial charge in [0.1, 0.15) is 0 Å². The third kappa shape index (κ3) is 5.54. The van der Waals surface area contributed by atoms with Crippen LogP contribution in [-0.4, -0.2) is 15.9 Å². The minimum absolute atomic E-state index is 0.463. The third-order valence-corrected chi connectivity index (χ3v) is 4.73. The lowest BCUT2D eigenvalue weighted by Crippen LogP contribution is -2.24. The summed E-state index contributed by atoms with van der Waals surface area (Å²) in [6.07, 6.45) is 3.83. The smallest absolute Gasteiger partial charge is 0.191 e. The van der Waals surface area contributed by atoms with Crippen LogP contribution in [0, 0.1) is 6.92 Å². The van der Waals surface area contributed by atoms with Crippen molar-refractivity contribution in [3.63, 3.8) is 0 Å². The van der Waals surface area contributed by atoms with Crippen molar-refractivity contribution in [3.05, 3.63) is 89.2 Å². The summed E-state index contributed by atoms with van der Waals surface area (Å²) in [4.78, 5) is 0. The Hall–Kier alpha value is -2.92. The number of nitrogens with one attached hydrogen (secondary N) is 2. The summed E-state index contributed by atoms with van der Waals surface area (Å²) in [5.74, 6) is 0.514. The van der Waals surface area contributed by atoms with Crippen LogP contribution >= 0.6 is 12.2 Å². The first-order chi connectivity index (χ1) is 13.5. The van der Waals surface area contributed by atoms with E-state index >= 15 is 0 Å². The normalized spacial score (nSPS) is 11.1. The van der Waals surface area contributed by atoms with E-state index in [9.17, 15) is 0 Å². The second-order valence-electron chi connectivity index (χ2n) is 7.15. The Morgan fingerprint density at radius 3 is 2.46 bits per heavy atom. The van der Waals surface area contributed by atoms with Crippen molar-refractivity contribution in [2.24, 2.45) is 5.10 Å². The van der Waals surface area contributed by atoms with Gasteiger partial charge in [0.2, 0.25) is 0 Å². The molecule has 1 aromatic heterocycles. The molecule has 0 aliphatic rings. The maximum absolute atomic E-state index is 5.32. The highest BCUT2D eigenvalue weighted by atomic mass is 32.1. The van der Waals surface area contributed by atoms with Crippen molar-refractivity contribution < 1.29 is 0 Å².